The number of likely N-dealkylation sites (N-methyl/N-ethyl adjacent to an activating group) is 1. The third-order valence-electron chi connectivity index (χ3n) is 4.38. The molecule has 1 N–H and O–H groups in total. The highest BCUT2D eigenvalue weighted by Crippen LogP contribution is 2.16. The lowest BCUT2D eigenvalue weighted by Crippen LogP contribution is -2.51. The molecule has 0 spiro atoms. The van der Waals surface area contributed by atoms with E-state index in [2.05, 4.69) is 10.5 Å². The van der Waals surface area contributed by atoms with E-state index in [1.54, 1.807) is 18.9 Å². The summed E-state index contributed by atoms with van der Waals surface area (Å²) in [6, 6.07) is 3.61. The largest absolute Gasteiger partial charge is 0.361 e. The molecule has 7 heteroatoms. The second-order valence-corrected chi connectivity index (χ2v) is 5.90. The maximum absolute atomic E-state index is 12.3. The van der Waals surface area contributed by atoms with Gasteiger partial charge in [0, 0.05) is 31.9 Å². The summed E-state index contributed by atoms with van der Waals surface area (Å²) in [4.78, 5) is 26.1. The van der Waals surface area contributed by atoms with E-state index in [4.69, 9.17) is 4.52 Å². The first kappa shape index (κ1) is 15.3. The van der Waals surface area contributed by atoms with Gasteiger partial charge in [0.1, 0.15) is 11.5 Å². The highest BCUT2D eigenvalue weighted by Gasteiger charge is 2.29. The Hall–Kier alpha value is -2.57. The van der Waals surface area contributed by atoms with Crippen LogP contribution in [0.3, 0.4) is 0 Å². The van der Waals surface area contributed by atoms with E-state index in [9.17, 15) is 9.59 Å². The molecule has 1 atom stereocenters. The van der Waals surface area contributed by atoms with Gasteiger partial charge in [-0.1, -0.05) is 5.16 Å². The molecule has 0 aromatic carbocycles. The Kier molecular flexibility index (Phi) is 3.94. The van der Waals surface area contributed by atoms with Crippen molar-refractivity contribution in [1.29, 1.82) is 0 Å². The number of hydrogen-bond donors (Lipinski definition) is 1. The van der Waals surface area contributed by atoms with Crippen LogP contribution in [-0.2, 0) is 17.8 Å². The third-order valence-corrected chi connectivity index (χ3v) is 4.38. The minimum Gasteiger partial charge on any atom is -0.361 e. The number of aromatic nitrogens is 2. The fourth-order valence-electron chi connectivity index (χ4n) is 2.87. The van der Waals surface area contributed by atoms with Crippen LogP contribution in [0.4, 0.5) is 0 Å². The Balaban J connectivity index is 1.60. The fourth-order valence-corrected chi connectivity index (χ4v) is 2.87. The van der Waals surface area contributed by atoms with Crippen LogP contribution in [0.1, 0.15) is 27.5 Å². The Morgan fingerprint density at radius 3 is 2.96 bits per heavy atom. The molecule has 0 fully saturated rings. The lowest BCUT2D eigenvalue weighted by Gasteiger charge is -2.33. The van der Waals surface area contributed by atoms with E-state index in [0.717, 1.165) is 11.3 Å². The summed E-state index contributed by atoms with van der Waals surface area (Å²) in [5.41, 5.74) is 2.24. The molecule has 3 heterocycles. The molecule has 2 amide bonds. The summed E-state index contributed by atoms with van der Waals surface area (Å²) < 4.78 is 6.99. The van der Waals surface area contributed by atoms with Gasteiger partial charge in [0.25, 0.3) is 5.91 Å². The highest BCUT2D eigenvalue weighted by atomic mass is 16.5. The van der Waals surface area contributed by atoms with Crippen molar-refractivity contribution in [2.75, 3.05) is 13.6 Å². The number of nitrogens with zero attached hydrogens (tertiary/aromatic N) is 3. The molecule has 0 saturated carbocycles. The number of fused-ring (bicyclic) bond motifs is 1. The molecule has 0 aliphatic carbocycles. The lowest BCUT2D eigenvalue weighted by molar-refractivity contribution is -0.120. The average molecular weight is 316 g/mol. The summed E-state index contributed by atoms with van der Waals surface area (Å²) >= 11 is 0. The molecule has 23 heavy (non-hydrogen) atoms. The predicted molar refractivity (Wildman–Crippen MR) is 83.0 cm³/mol. The minimum atomic E-state index is -0.0986. The quantitative estimate of drug-likeness (QED) is 0.909. The van der Waals surface area contributed by atoms with Crippen LogP contribution < -0.4 is 5.32 Å². The van der Waals surface area contributed by atoms with Crippen molar-refractivity contribution < 1.29 is 14.1 Å². The Morgan fingerprint density at radius 1 is 1.48 bits per heavy atom. The van der Waals surface area contributed by atoms with E-state index in [1.807, 2.05) is 29.8 Å². The van der Waals surface area contributed by atoms with Crippen LogP contribution in [0.2, 0.25) is 0 Å². The van der Waals surface area contributed by atoms with Crippen molar-refractivity contribution in [2.24, 2.45) is 0 Å². The van der Waals surface area contributed by atoms with Gasteiger partial charge in [-0.2, -0.15) is 0 Å². The van der Waals surface area contributed by atoms with Gasteiger partial charge >= 0.3 is 0 Å². The molecule has 0 bridgehead atoms. The number of carbonyl (C=O) groups is 2. The van der Waals surface area contributed by atoms with Crippen molar-refractivity contribution in [2.45, 2.75) is 32.9 Å². The summed E-state index contributed by atoms with van der Waals surface area (Å²) in [5, 5.41) is 6.75. The Labute approximate surface area is 134 Å². The van der Waals surface area contributed by atoms with Crippen molar-refractivity contribution >= 4 is 11.8 Å². The first-order valence-corrected chi connectivity index (χ1v) is 7.58. The maximum Gasteiger partial charge on any atom is 0.270 e. The number of rotatable bonds is 4. The molecular weight excluding hydrogens is 296 g/mol. The van der Waals surface area contributed by atoms with E-state index >= 15 is 0 Å². The monoisotopic (exact) mass is 316 g/mol. The number of aryl methyl sites for hydroxylation is 2. The number of carbonyl (C=O) groups excluding carboxylic acids is 2. The molecule has 122 valence electrons. The van der Waals surface area contributed by atoms with Crippen molar-refractivity contribution in [3.8, 4) is 0 Å². The van der Waals surface area contributed by atoms with E-state index in [1.165, 1.54) is 0 Å². The summed E-state index contributed by atoms with van der Waals surface area (Å²) in [6.45, 7) is 4.71. The van der Waals surface area contributed by atoms with E-state index in [-0.39, 0.29) is 24.3 Å². The highest BCUT2D eigenvalue weighted by molar-refractivity contribution is 5.93. The van der Waals surface area contributed by atoms with Crippen LogP contribution in [0.5, 0.6) is 0 Å². The molecule has 0 saturated heterocycles. The van der Waals surface area contributed by atoms with Crippen LogP contribution >= 0.6 is 0 Å². The van der Waals surface area contributed by atoms with E-state index in [0.29, 0.717) is 24.5 Å². The van der Waals surface area contributed by atoms with Crippen molar-refractivity contribution in [1.82, 2.24) is 19.9 Å². The fraction of sp³-hybridized carbons (Fsp3) is 0.438. The molecule has 0 radical (unpaired) electrons. The smallest absolute Gasteiger partial charge is 0.270 e. The molecule has 7 nitrogen and oxygen atoms in total. The SMILES string of the molecule is Cc1noc(C)c1CC(=O)NCC1Cn2cccc2C(=O)N1C. The third kappa shape index (κ3) is 2.86. The van der Waals surface area contributed by atoms with Crippen LogP contribution in [-0.4, -0.2) is 46.1 Å². The van der Waals surface area contributed by atoms with Gasteiger partial charge < -0.3 is 19.3 Å². The van der Waals surface area contributed by atoms with Gasteiger partial charge in [0.2, 0.25) is 5.91 Å². The van der Waals surface area contributed by atoms with Gasteiger partial charge in [-0.3, -0.25) is 9.59 Å². The zero-order chi connectivity index (χ0) is 16.6. The number of hydrogen-bond acceptors (Lipinski definition) is 4. The second-order valence-electron chi connectivity index (χ2n) is 5.90. The molecule has 1 aliphatic rings. The second kappa shape index (κ2) is 5.91. The molecule has 1 unspecified atom stereocenters. The molecule has 3 rings (SSSR count). The Bertz CT molecular complexity index is 727. The van der Waals surface area contributed by atoms with Crippen molar-refractivity contribution in [3.63, 3.8) is 0 Å². The van der Waals surface area contributed by atoms with Gasteiger partial charge in [0.05, 0.1) is 18.2 Å². The first-order chi connectivity index (χ1) is 11.0. The van der Waals surface area contributed by atoms with Crippen LogP contribution in [0, 0.1) is 13.8 Å². The van der Waals surface area contributed by atoms with Gasteiger partial charge in [-0.15, -0.1) is 0 Å². The maximum atomic E-state index is 12.3. The van der Waals surface area contributed by atoms with Crippen LogP contribution in [0.15, 0.2) is 22.9 Å². The molecular formula is C16H20N4O3. The minimum absolute atomic E-state index is 0.0220. The summed E-state index contributed by atoms with van der Waals surface area (Å²) in [7, 11) is 1.77. The molecule has 2 aromatic heterocycles. The first-order valence-electron chi connectivity index (χ1n) is 7.58. The normalized spacial score (nSPS) is 17.3. The van der Waals surface area contributed by atoms with Gasteiger partial charge in [-0.25, -0.2) is 0 Å². The van der Waals surface area contributed by atoms with Crippen LogP contribution in [0.25, 0.3) is 0 Å². The number of amides is 2. The topological polar surface area (TPSA) is 80.4 Å². The lowest BCUT2D eigenvalue weighted by atomic mass is 10.1. The van der Waals surface area contributed by atoms with Crippen molar-refractivity contribution in [3.05, 3.63) is 41.0 Å². The predicted octanol–water partition coefficient (Wildman–Crippen LogP) is 0.906. The average Bonchev–Trinajstić information content (AvgIpc) is 3.11. The standard InChI is InChI=1S/C16H20N4O3/c1-10-13(11(2)23-18-10)7-15(21)17-8-12-9-20-6-4-5-14(20)16(22)19(12)3/h4-6,12H,7-9H2,1-3H3,(H,17,21). The molecule has 1 aliphatic heterocycles. The summed E-state index contributed by atoms with van der Waals surface area (Å²) in [5.74, 6) is 0.546. The zero-order valence-electron chi connectivity index (χ0n) is 13.5. The Morgan fingerprint density at radius 2 is 2.26 bits per heavy atom. The summed E-state index contributed by atoms with van der Waals surface area (Å²) in [6.07, 6.45) is 2.12. The molecule has 2 aromatic rings. The van der Waals surface area contributed by atoms with E-state index < -0.39 is 0 Å². The zero-order valence-corrected chi connectivity index (χ0v) is 13.5. The van der Waals surface area contributed by atoms with Gasteiger partial charge in [0.15, 0.2) is 0 Å². The number of nitrogens with one attached hydrogen (secondary N) is 1. The van der Waals surface area contributed by atoms with Gasteiger partial charge in [-0.05, 0) is 26.0 Å².